The minimum Gasteiger partial charge on any atom is -0.370 e. The minimum absolute atomic E-state index is 0.0504. The third kappa shape index (κ3) is 5.57. The Morgan fingerprint density at radius 2 is 1.76 bits per heavy atom. The second-order valence-electron chi connectivity index (χ2n) is 5.20. The van der Waals surface area contributed by atoms with Crippen molar-refractivity contribution in [2.45, 2.75) is 46.5 Å². The molecule has 1 rings (SSSR count). The molecule has 0 radical (unpaired) electrons. The number of amides is 1. The summed E-state index contributed by atoms with van der Waals surface area (Å²) in [4.78, 5) is 20.1. The third-order valence-electron chi connectivity index (χ3n) is 3.02. The van der Waals surface area contributed by atoms with Gasteiger partial charge in [-0.1, -0.05) is 20.8 Å². The number of anilines is 2. The lowest BCUT2D eigenvalue weighted by Crippen LogP contribution is -2.25. The molecule has 0 atom stereocenters. The number of hydrogen-bond acceptors (Lipinski definition) is 5. The first-order valence-electron chi connectivity index (χ1n) is 7.69. The number of carbonyl (C=O) groups excluding carboxylic acids is 1. The van der Waals surface area contributed by atoms with Crippen molar-refractivity contribution in [3.63, 3.8) is 0 Å². The fraction of sp³-hybridized carbons (Fsp3) is 0.667. The molecule has 1 amide bonds. The van der Waals surface area contributed by atoms with E-state index in [4.69, 9.17) is 0 Å². The Labute approximate surface area is 127 Å². The van der Waals surface area contributed by atoms with Crippen LogP contribution in [0.2, 0.25) is 0 Å². The summed E-state index contributed by atoms with van der Waals surface area (Å²) in [7, 11) is 0. The summed E-state index contributed by atoms with van der Waals surface area (Å²) in [6.45, 7) is 10.4. The Morgan fingerprint density at radius 1 is 1.14 bits per heavy atom. The van der Waals surface area contributed by atoms with Gasteiger partial charge in [-0.15, -0.1) is 0 Å². The molecule has 3 N–H and O–H groups in total. The van der Waals surface area contributed by atoms with Crippen LogP contribution < -0.4 is 16.0 Å². The fourth-order valence-corrected chi connectivity index (χ4v) is 2.05. The van der Waals surface area contributed by atoms with Crippen molar-refractivity contribution in [2.24, 2.45) is 0 Å². The van der Waals surface area contributed by atoms with E-state index < -0.39 is 0 Å². The zero-order valence-electron chi connectivity index (χ0n) is 13.5. The van der Waals surface area contributed by atoms with Gasteiger partial charge in [0.2, 0.25) is 5.91 Å². The summed E-state index contributed by atoms with van der Waals surface area (Å²) < 4.78 is 0. The Kier molecular flexibility index (Phi) is 7.50. The second-order valence-corrected chi connectivity index (χ2v) is 5.20. The second kappa shape index (κ2) is 9.15. The highest BCUT2D eigenvalue weighted by Gasteiger charge is 2.14. The van der Waals surface area contributed by atoms with Gasteiger partial charge < -0.3 is 16.0 Å². The SMILES string of the molecule is CCCNc1ncnc(NCCC(=O)NCC)c1C(C)C. The number of nitrogens with one attached hydrogen (secondary N) is 3. The first kappa shape index (κ1) is 17.2. The summed E-state index contributed by atoms with van der Waals surface area (Å²) in [5.74, 6) is 2.04. The topological polar surface area (TPSA) is 78.9 Å². The van der Waals surface area contributed by atoms with Gasteiger partial charge in [-0.2, -0.15) is 0 Å². The van der Waals surface area contributed by atoms with Crippen LogP contribution in [0.1, 0.15) is 52.0 Å². The van der Waals surface area contributed by atoms with Crippen LogP contribution in [0.25, 0.3) is 0 Å². The highest BCUT2D eigenvalue weighted by molar-refractivity contribution is 5.76. The molecule has 0 bridgehead atoms. The van der Waals surface area contributed by atoms with E-state index in [1.165, 1.54) is 0 Å². The Morgan fingerprint density at radius 3 is 2.29 bits per heavy atom. The molecular formula is C15H27N5O. The third-order valence-corrected chi connectivity index (χ3v) is 3.02. The van der Waals surface area contributed by atoms with Crippen LogP contribution in [0.15, 0.2) is 6.33 Å². The zero-order chi connectivity index (χ0) is 15.7. The molecule has 0 aliphatic heterocycles. The average Bonchev–Trinajstić information content (AvgIpc) is 2.45. The van der Waals surface area contributed by atoms with Gasteiger partial charge in [0, 0.05) is 31.6 Å². The molecule has 1 aromatic heterocycles. The smallest absolute Gasteiger partial charge is 0.221 e. The summed E-state index contributed by atoms with van der Waals surface area (Å²) in [5, 5.41) is 9.37. The van der Waals surface area contributed by atoms with Crippen LogP contribution in [0.4, 0.5) is 11.6 Å². The maximum absolute atomic E-state index is 11.5. The van der Waals surface area contributed by atoms with Crippen molar-refractivity contribution in [3.8, 4) is 0 Å². The van der Waals surface area contributed by atoms with Gasteiger partial charge in [0.25, 0.3) is 0 Å². The van der Waals surface area contributed by atoms with Gasteiger partial charge in [0.05, 0.1) is 0 Å². The van der Waals surface area contributed by atoms with Crippen molar-refractivity contribution < 1.29 is 4.79 Å². The van der Waals surface area contributed by atoms with Gasteiger partial charge in [-0.05, 0) is 19.3 Å². The Hall–Kier alpha value is -1.85. The maximum atomic E-state index is 11.5. The molecule has 0 unspecified atom stereocenters. The first-order chi connectivity index (χ1) is 10.1. The summed E-state index contributed by atoms with van der Waals surface area (Å²) in [6, 6.07) is 0. The van der Waals surface area contributed by atoms with Crippen LogP contribution >= 0.6 is 0 Å². The fourth-order valence-electron chi connectivity index (χ4n) is 2.05. The molecule has 0 aromatic carbocycles. The molecule has 0 saturated carbocycles. The molecule has 0 fully saturated rings. The minimum atomic E-state index is 0.0504. The molecule has 0 spiro atoms. The van der Waals surface area contributed by atoms with Crippen molar-refractivity contribution >= 4 is 17.5 Å². The van der Waals surface area contributed by atoms with Gasteiger partial charge in [0.1, 0.15) is 18.0 Å². The first-order valence-corrected chi connectivity index (χ1v) is 7.69. The van der Waals surface area contributed by atoms with Crippen molar-refractivity contribution in [1.82, 2.24) is 15.3 Å². The van der Waals surface area contributed by atoms with Crippen LogP contribution in [0.5, 0.6) is 0 Å². The zero-order valence-corrected chi connectivity index (χ0v) is 13.5. The summed E-state index contributed by atoms with van der Waals surface area (Å²) >= 11 is 0. The summed E-state index contributed by atoms with van der Waals surface area (Å²) in [5.41, 5.74) is 1.07. The van der Waals surface area contributed by atoms with Crippen LogP contribution in [-0.2, 0) is 4.79 Å². The van der Waals surface area contributed by atoms with Gasteiger partial charge in [-0.3, -0.25) is 4.79 Å². The van der Waals surface area contributed by atoms with Gasteiger partial charge in [-0.25, -0.2) is 9.97 Å². The molecular weight excluding hydrogens is 266 g/mol. The largest absolute Gasteiger partial charge is 0.370 e. The molecule has 0 saturated heterocycles. The number of carbonyl (C=O) groups is 1. The highest BCUT2D eigenvalue weighted by atomic mass is 16.1. The molecule has 6 heteroatoms. The molecule has 0 aliphatic rings. The van der Waals surface area contributed by atoms with E-state index in [1.807, 2.05) is 6.92 Å². The van der Waals surface area contributed by atoms with E-state index in [0.29, 0.717) is 25.4 Å². The maximum Gasteiger partial charge on any atom is 0.221 e. The lowest BCUT2D eigenvalue weighted by atomic mass is 10.0. The highest BCUT2D eigenvalue weighted by Crippen LogP contribution is 2.28. The van der Waals surface area contributed by atoms with Crippen molar-refractivity contribution in [1.29, 1.82) is 0 Å². The molecule has 118 valence electrons. The molecule has 21 heavy (non-hydrogen) atoms. The van der Waals surface area contributed by atoms with Gasteiger partial charge in [0.15, 0.2) is 0 Å². The predicted molar refractivity (Wildman–Crippen MR) is 86.7 cm³/mol. The van der Waals surface area contributed by atoms with E-state index in [1.54, 1.807) is 6.33 Å². The van der Waals surface area contributed by atoms with Crippen LogP contribution in [0, 0.1) is 0 Å². The Bertz CT molecular complexity index is 448. The van der Waals surface area contributed by atoms with Crippen LogP contribution in [-0.4, -0.2) is 35.5 Å². The van der Waals surface area contributed by atoms with Crippen LogP contribution in [0.3, 0.4) is 0 Å². The van der Waals surface area contributed by atoms with E-state index in [-0.39, 0.29) is 5.91 Å². The molecule has 1 aromatic rings. The lowest BCUT2D eigenvalue weighted by molar-refractivity contribution is -0.120. The quantitative estimate of drug-likeness (QED) is 0.651. The van der Waals surface area contributed by atoms with E-state index >= 15 is 0 Å². The predicted octanol–water partition coefficient (Wildman–Crippen LogP) is 2.36. The normalized spacial score (nSPS) is 10.5. The molecule has 0 aliphatic carbocycles. The number of rotatable bonds is 9. The molecule has 1 heterocycles. The monoisotopic (exact) mass is 293 g/mol. The van der Waals surface area contributed by atoms with E-state index in [0.717, 1.165) is 30.2 Å². The van der Waals surface area contributed by atoms with E-state index in [2.05, 4.69) is 46.7 Å². The standard InChI is InChI=1S/C15H27N5O/c1-5-8-17-14-13(11(3)4)15(20-10-19-14)18-9-7-12(21)16-6-2/h10-11H,5-9H2,1-4H3,(H,16,21)(H2,17,18,19,20). The van der Waals surface area contributed by atoms with E-state index in [9.17, 15) is 4.79 Å². The molecule has 6 nitrogen and oxygen atoms in total. The number of aromatic nitrogens is 2. The van der Waals surface area contributed by atoms with Gasteiger partial charge >= 0.3 is 0 Å². The number of hydrogen-bond donors (Lipinski definition) is 3. The Balaban J connectivity index is 2.74. The average molecular weight is 293 g/mol. The van der Waals surface area contributed by atoms with Crippen molar-refractivity contribution in [3.05, 3.63) is 11.9 Å². The van der Waals surface area contributed by atoms with Crippen molar-refractivity contribution in [2.75, 3.05) is 30.3 Å². The summed E-state index contributed by atoms with van der Waals surface area (Å²) in [6.07, 6.45) is 3.03. The lowest BCUT2D eigenvalue weighted by Gasteiger charge is -2.17. The number of nitrogens with zero attached hydrogens (tertiary/aromatic N) is 2.